The molecule has 0 radical (unpaired) electrons. The van der Waals surface area contributed by atoms with Crippen LogP contribution >= 0.6 is 0 Å². The Morgan fingerprint density at radius 1 is 1.17 bits per heavy atom. The molecule has 2 aliphatic rings. The summed E-state index contributed by atoms with van der Waals surface area (Å²) in [7, 11) is 0. The highest BCUT2D eigenvalue weighted by molar-refractivity contribution is 5.47. The summed E-state index contributed by atoms with van der Waals surface area (Å²) >= 11 is 0. The van der Waals surface area contributed by atoms with E-state index >= 15 is 0 Å². The fourth-order valence-electron chi connectivity index (χ4n) is 3.68. The molecule has 1 unspecified atom stereocenters. The van der Waals surface area contributed by atoms with Gasteiger partial charge in [-0.25, -0.2) is 4.39 Å². The Kier molecular flexibility index (Phi) is 5.86. The molecule has 0 bridgehead atoms. The van der Waals surface area contributed by atoms with Crippen LogP contribution in [0.15, 0.2) is 24.3 Å². The van der Waals surface area contributed by atoms with E-state index in [1.165, 1.54) is 25.0 Å². The van der Waals surface area contributed by atoms with Gasteiger partial charge in [0.25, 0.3) is 0 Å². The van der Waals surface area contributed by atoms with Crippen LogP contribution in [0.4, 0.5) is 10.1 Å². The zero-order valence-electron chi connectivity index (χ0n) is 13.7. The van der Waals surface area contributed by atoms with Crippen molar-refractivity contribution in [3.8, 4) is 0 Å². The van der Waals surface area contributed by atoms with Gasteiger partial charge in [-0.1, -0.05) is 12.8 Å². The highest BCUT2D eigenvalue weighted by atomic mass is 19.1. The Morgan fingerprint density at radius 2 is 1.83 bits per heavy atom. The lowest BCUT2D eigenvalue weighted by molar-refractivity contribution is 0.0158. The number of hydrogen-bond acceptors (Lipinski definition) is 4. The molecular formula is C18H27FN2O2. The van der Waals surface area contributed by atoms with Crippen molar-refractivity contribution < 1.29 is 14.2 Å². The quantitative estimate of drug-likeness (QED) is 0.871. The van der Waals surface area contributed by atoms with Crippen LogP contribution in [-0.2, 0) is 4.74 Å². The molecule has 1 heterocycles. The predicted molar refractivity (Wildman–Crippen MR) is 89.3 cm³/mol. The summed E-state index contributed by atoms with van der Waals surface area (Å²) in [5.41, 5.74) is 1.01. The van der Waals surface area contributed by atoms with Gasteiger partial charge in [-0.3, -0.25) is 4.90 Å². The molecule has 23 heavy (non-hydrogen) atoms. The maximum absolute atomic E-state index is 13.2. The van der Waals surface area contributed by atoms with Gasteiger partial charge in [0.1, 0.15) is 5.82 Å². The number of ether oxygens (including phenoxy) is 1. The lowest BCUT2D eigenvalue weighted by Gasteiger charge is -2.35. The lowest BCUT2D eigenvalue weighted by atomic mass is 10.1. The van der Waals surface area contributed by atoms with Crippen molar-refractivity contribution in [1.29, 1.82) is 0 Å². The van der Waals surface area contributed by atoms with Crippen LogP contribution < -0.4 is 4.90 Å². The molecule has 128 valence electrons. The normalized spacial score (nSPS) is 21.5. The summed E-state index contributed by atoms with van der Waals surface area (Å²) in [4.78, 5) is 4.53. The van der Waals surface area contributed by atoms with Crippen molar-refractivity contribution in [3.05, 3.63) is 30.1 Å². The average Bonchev–Trinajstić information content (AvgIpc) is 3.09. The molecule has 5 heteroatoms. The number of rotatable bonds is 6. The van der Waals surface area contributed by atoms with E-state index < -0.39 is 6.10 Å². The van der Waals surface area contributed by atoms with Gasteiger partial charge in [0, 0.05) is 37.9 Å². The number of morpholine rings is 1. The summed E-state index contributed by atoms with van der Waals surface area (Å²) in [5.74, 6) is -0.214. The van der Waals surface area contributed by atoms with Crippen molar-refractivity contribution in [3.63, 3.8) is 0 Å². The fourth-order valence-corrected chi connectivity index (χ4v) is 3.68. The van der Waals surface area contributed by atoms with Gasteiger partial charge in [0.2, 0.25) is 0 Å². The van der Waals surface area contributed by atoms with Gasteiger partial charge in [0.05, 0.1) is 19.3 Å². The first-order valence-corrected chi connectivity index (χ1v) is 8.73. The number of β-amino-alcohol motifs (C(OH)–C–C–N with tert-alkyl or cyclic N) is 1. The third-order valence-corrected chi connectivity index (χ3v) is 4.90. The Bertz CT molecular complexity index is 470. The molecule has 4 nitrogen and oxygen atoms in total. The Morgan fingerprint density at radius 3 is 2.48 bits per heavy atom. The van der Waals surface area contributed by atoms with Crippen LogP contribution in [0.2, 0.25) is 0 Å². The van der Waals surface area contributed by atoms with Crippen LogP contribution in [0.5, 0.6) is 0 Å². The second-order valence-corrected chi connectivity index (χ2v) is 6.63. The van der Waals surface area contributed by atoms with E-state index in [-0.39, 0.29) is 5.82 Å². The van der Waals surface area contributed by atoms with Crippen LogP contribution in [0.3, 0.4) is 0 Å². The maximum atomic E-state index is 13.2. The summed E-state index contributed by atoms with van der Waals surface area (Å²) in [6, 6.07) is 7.13. The largest absolute Gasteiger partial charge is 0.390 e. The molecule has 1 aliphatic carbocycles. The van der Waals surface area contributed by atoms with Crippen LogP contribution in [0.1, 0.15) is 25.7 Å². The molecule has 2 fully saturated rings. The summed E-state index contributed by atoms with van der Waals surface area (Å²) in [6.07, 6.45) is 4.38. The Hall–Kier alpha value is -1.17. The predicted octanol–water partition coefficient (Wildman–Crippen LogP) is 2.27. The van der Waals surface area contributed by atoms with Gasteiger partial charge < -0.3 is 14.7 Å². The van der Waals surface area contributed by atoms with Crippen molar-refractivity contribution in [1.82, 2.24) is 4.90 Å². The number of aliphatic hydroxyl groups excluding tert-OH is 1. The summed E-state index contributed by atoms with van der Waals surface area (Å²) in [6.45, 7) is 4.55. The fraction of sp³-hybridized carbons (Fsp3) is 0.667. The second-order valence-electron chi connectivity index (χ2n) is 6.63. The van der Waals surface area contributed by atoms with Gasteiger partial charge in [0.15, 0.2) is 0 Å². The monoisotopic (exact) mass is 322 g/mol. The molecule has 1 aliphatic heterocycles. The molecule has 1 N–H and O–H groups in total. The molecule has 1 aromatic rings. The number of hydrogen-bond donors (Lipinski definition) is 1. The number of nitrogens with zero attached hydrogens (tertiary/aromatic N) is 2. The van der Waals surface area contributed by atoms with Gasteiger partial charge in [-0.2, -0.15) is 0 Å². The van der Waals surface area contributed by atoms with E-state index in [1.54, 1.807) is 0 Å². The number of benzene rings is 1. The van der Waals surface area contributed by atoms with Gasteiger partial charge in [-0.15, -0.1) is 0 Å². The summed E-state index contributed by atoms with van der Waals surface area (Å²) < 4.78 is 18.6. The zero-order chi connectivity index (χ0) is 16.1. The summed E-state index contributed by atoms with van der Waals surface area (Å²) in [5, 5.41) is 10.5. The molecule has 1 aromatic carbocycles. The molecule has 0 aromatic heterocycles. The first-order chi connectivity index (χ1) is 11.2. The molecule has 1 saturated heterocycles. The second kappa shape index (κ2) is 8.08. The minimum absolute atomic E-state index is 0.214. The van der Waals surface area contributed by atoms with Crippen LogP contribution in [0.25, 0.3) is 0 Å². The van der Waals surface area contributed by atoms with Crippen LogP contribution in [-0.4, -0.2) is 61.5 Å². The van der Waals surface area contributed by atoms with E-state index in [1.807, 2.05) is 12.1 Å². The minimum atomic E-state index is -0.404. The van der Waals surface area contributed by atoms with Gasteiger partial charge in [-0.05, 0) is 37.1 Å². The SMILES string of the molecule is OC(CN1CCOCC1)CN(c1ccc(F)cc1)C1CCCC1. The first-order valence-electron chi connectivity index (χ1n) is 8.73. The van der Waals surface area contributed by atoms with Crippen molar-refractivity contribution in [2.45, 2.75) is 37.8 Å². The van der Waals surface area contributed by atoms with Crippen molar-refractivity contribution in [2.24, 2.45) is 0 Å². The third kappa shape index (κ3) is 4.66. The number of anilines is 1. The van der Waals surface area contributed by atoms with E-state index in [9.17, 15) is 9.50 Å². The Balaban J connectivity index is 1.64. The highest BCUT2D eigenvalue weighted by Gasteiger charge is 2.26. The van der Waals surface area contributed by atoms with Gasteiger partial charge >= 0.3 is 0 Å². The molecule has 0 amide bonds. The highest BCUT2D eigenvalue weighted by Crippen LogP contribution is 2.28. The number of halogens is 1. The van der Waals surface area contributed by atoms with E-state index in [0.717, 1.165) is 44.8 Å². The molecule has 0 spiro atoms. The lowest BCUT2D eigenvalue weighted by Crippen LogP contribution is -2.46. The van der Waals surface area contributed by atoms with Crippen molar-refractivity contribution in [2.75, 3.05) is 44.3 Å². The molecule has 3 rings (SSSR count). The Labute approximate surface area is 137 Å². The minimum Gasteiger partial charge on any atom is -0.390 e. The van der Waals surface area contributed by atoms with E-state index in [0.29, 0.717) is 19.1 Å². The van der Waals surface area contributed by atoms with Crippen LogP contribution in [0, 0.1) is 5.82 Å². The molecule has 1 saturated carbocycles. The smallest absolute Gasteiger partial charge is 0.123 e. The number of aliphatic hydroxyl groups is 1. The first kappa shape index (κ1) is 16.7. The van der Waals surface area contributed by atoms with E-state index in [4.69, 9.17) is 4.74 Å². The molecule has 1 atom stereocenters. The van der Waals surface area contributed by atoms with E-state index in [2.05, 4.69) is 9.80 Å². The maximum Gasteiger partial charge on any atom is 0.123 e. The third-order valence-electron chi connectivity index (χ3n) is 4.90. The standard InChI is InChI=1S/C18H27FN2O2/c19-15-5-7-17(8-6-15)21(16-3-1-2-4-16)14-18(22)13-20-9-11-23-12-10-20/h5-8,16,18,22H,1-4,9-14H2. The average molecular weight is 322 g/mol. The zero-order valence-corrected chi connectivity index (χ0v) is 13.7. The van der Waals surface area contributed by atoms with Crippen molar-refractivity contribution >= 4 is 5.69 Å². The molecular weight excluding hydrogens is 295 g/mol. The topological polar surface area (TPSA) is 35.9 Å².